The zero-order valence-electron chi connectivity index (χ0n) is 20.4. The fourth-order valence-electron chi connectivity index (χ4n) is 4.94. The number of carbonyl (C=O) groups is 1. The second-order valence-corrected chi connectivity index (χ2v) is 11.4. The topological polar surface area (TPSA) is 125 Å². The van der Waals surface area contributed by atoms with Gasteiger partial charge in [0.25, 0.3) is 15.9 Å². The first kappa shape index (κ1) is 27.0. The third kappa shape index (κ3) is 4.83. The first-order valence-electron chi connectivity index (χ1n) is 11.5. The summed E-state index contributed by atoms with van der Waals surface area (Å²) in [7, 11) is -2.93. The highest BCUT2D eigenvalue weighted by Crippen LogP contribution is 2.38. The molecule has 3 unspecified atom stereocenters. The van der Waals surface area contributed by atoms with Crippen LogP contribution in [0.1, 0.15) is 43.6 Å². The van der Waals surface area contributed by atoms with Crippen LogP contribution in [0.3, 0.4) is 0 Å². The minimum absolute atomic E-state index is 0.00209. The van der Waals surface area contributed by atoms with Crippen LogP contribution >= 0.6 is 0 Å². The van der Waals surface area contributed by atoms with Crippen molar-refractivity contribution in [2.75, 3.05) is 11.9 Å². The van der Waals surface area contributed by atoms with E-state index in [4.69, 9.17) is 0 Å². The van der Waals surface area contributed by atoms with Gasteiger partial charge < -0.3 is 20.1 Å². The second kappa shape index (κ2) is 9.71. The highest BCUT2D eigenvalue weighted by Gasteiger charge is 2.45. The number of nitrogens with one attached hydrogen (secondary N) is 1. The molecule has 200 valence electrons. The van der Waals surface area contributed by atoms with Crippen LogP contribution < -0.4 is 5.32 Å². The molecule has 0 bridgehead atoms. The zero-order valence-corrected chi connectivity index (χ0v) is 21.2. The molecule has 0 spiro atoms. The SMILES string of the molecule is CC1CCC(CC(C)(O)CO)N1S(=O)(=O)c1c2ncccc2c(C(=O)Nc2cc(F)c(F)c(F)c2)n1C. The third-order valence-corrected chi connectivity index (χ3v) is 8.78. The number of nitrogens with zero attached hydrogens (tertiary/aromatic N) is 3. The molecule has 1 aliphatic heterocycles. The number of amides is 1. The van der Waals surface area contributed by atoms with Crippen molar-refractivity contribution in [2.24, 2.45) is 7.05 Å². The van der Waals surface area contributed by atoms with Gasteiger partial charge in [0, 0.05) is 48.5 Å². The molecule has 3 aromatic rings. The molecule has 3 N–H and O–H groups in total. The highest BCUT2D eigenvalue weighted by atomic mass is 32.2. The van der Waals surface area contributed by atoms with Gasteiger partial charge in [-0.15, -0.1) is 0 Å². The fourth-order valence-corrected chi connectivity index (χ4v) is 7.14. The van der Waals surface area contributed by atoms with Crippen LogP contribution in [0.2, 0.25) is 0 Å². The molecule has 13 heteroatoms. The van der Waals surface area contributed by atoms with Gasteiger partial charge in [-0.3, -0.25) is 9.78 Å². The first-order chi connectivity index (χ1) is 17.3. The Bertz CT molecular complexity index is 1450. The molecular formula is C24H27F3N4O5S. The Morgan fingerprint density at radius 1 is 1.24 bits per heavy atom. The largest absolute Gasteiger partial charge is 0.393 e. The molecule has 1 saturated heterocycles. The molecule has 0 aliphatic carbocycles. The van der Waals surface area contributed by atoms with Crippen LogP contribution in [0.5, 0.6) is 0 Å². The number of hydrogen-bond donors (Lipinski definition) is 3. The minimum Gasteiger partial charge on any atom is -0.393 e. The molecule has 0 radical (unpaired) electrons. The van der Waals surface area contributed by atoms with Gasteiger partial charge in [0.15, 0.2) is 22.5 Å². The summed E-state index contributed by atoms with van der Waals surface area (Å²) < 4.78 is 71.2. The quantitative estimate of drug-likeness (QED) is 0.396. The van der Waals surface area contributed by atoms with Crippen LogP contribution in [0.4, 0.5) is 18.9 Å². The number of hydrogen-bond acceptors (Lipinski definition) is 6. The van der Waals surface area contributed by atoms with Crippen LogP contribution in [-0.4, -0.2) is 62.7 Å². The molecule has 0 saturated carbocycles. The number of pyridine rings is 1. The van der Waals surface area contributed by atoms with E-state index < -0.39 is 57.7 Å². The maximum absolute atomic E-state index is 14.0. The normalized spacial score (nSPS) is 20.3. The van der Waals surface area contributed by atoms with Crippen molar-refractivity contribution in [3.05, 3.63) is 53.6 Å². The Hall–Kier alpha value is -3.00. The number of halogens is 3. The van der Waals surface area contributed by atoms with Crippen molar-refractivity contribution in [1.82, 2.24) is 13.9 Å². The number of sulfonamides is 1. The van der Waals surface area contributed by atoms with E-state index in [0.29, 0.717) is 25.0 Å². The van der Waals surface area contributed by atoms with Crippen molar-refractivity contribution < 1.29 is 36.6 Å². The minimum atomic E-state index is -4.29. The lowest BCUT2D eigenvalue weighted by Gasteiger charge is -2.32. The number of aliphatic hydroxyl groups is 2. The molecular weight excluding hydrogens is 513 g/mol. The summed E-state index contributed by atoms with van der Waals surface area (Å²) in [6.07, 6.45) is 2.35. The Morgan fingerprint density at radius 2 is 1.89 bits per heavy atom. The number of fused-ring (bicyclic) bond motifs is 1. The smallest absolute Gasteiger partial charge is 0.273 e. The molecule has 37 heavy (non-hydrogen) atoms. The monoisotopic (exact) mass is 540 g/mol. The van der Waals surface area contributed by atoms with Crippen LogP contribution in [-0.2, 0) is 17.1 Å². The lowest BCUT2D eigenvalue weighted by molar-refractivity contribution is -0.0170. The van der Waals surface area contributed by atoms with Gasteiger partial charge >= 0.3 is 0 Å². The highest BCUT2D eigenvalue weighted by molar-refractivity contribution is 7.89. The van der Waals surface area contributed by atoms with E-state index in [-0.39, 0.29) is 33.7 Å². The van der Waals surface area contributed by atoms with E-state index in [9.17, 15) is 36.6 Å². The average molecular weight is 541 g/mol. The van der Waals surface area contributed by atoms with Crippen molar-refractivity contribution in [2.45, 2.75) is 55.8 Å². The first-order valence-corrected chi connectivity index (χ1v) is 13.0. The van der Waals surface area contributed by atoms with Crippen LogP contribution in [0, 0.1) is 17.5 Å². The Labute approximate surface area is 211 Å². The predicted octanol–water partition coefficient (Wildman–Crippen LogP) is 2.92. The number of anilines is 1. The Morgan fingerprint density at radius 3 is 2.51 bits per heavy atom. The summed E-state index contributed by atoms with van der Waals surface area (Å²) in [5.74, 6) is -5.56. The molecule has 1 amide bonds. The van der Waals surface area contributed by atoms with Gasteiger partial charge in [0.05, 0.1) is 12.2 Å². The van der Waals surface area contributed by atoms with Gasteiger partial charge in [0.2, 0.25) is 0 Å². The average Bonchev–Trinajstić information content (AvgIpc) is 3.33. The van der Waals surface area contributed by atoms with E-state index in [0.717, 1.165) is 4.57 Å². The number of aromatic nitrogens is 2. The number of benzene rings is 1. The van der Waals surface area contributed by atoms with E-state index in [1.165, 1.54) is 36.6 Å². The molecule has 1 aromatic carbocycles. The standard InChI is InChI=1S/C24H27F3N4O5S/c1-13-6-7-15(11-24(2,34)12-32)31(13)37(35,36)23-20-16(5-4-8-28-20)21(30(23)3)22(33)29-14-9-17(25)19(27)18(26)10-14/h4-5,8-10,13,15,32,34H,6-7,11-12H2,1-3H3,(H,29,33). The molecule has 4 rings (SSSR count). The molecule has 3 atom stereocenters. The number of aliphatic hydroxyl groups excluding tert-OH is 1. The van der Waals surface area contributed by atoms with Crippen molar-refractivity contribution in [3.63, 3.8) is 0 Å². The molecule has 1 aliphatic rings. The summed E-state index contributed by atoms with van der Waals surface area (Å²) in [6, 6.07) is 3.18. The summed E-state index contributed by atoms with van der Waals surface area (Å²) in [5.41, 5.74) is -1.98. The second-order valence-electron chi connectivity index (χ2n) is 9.59. The van der Waals surface area contributed by atoms with Gasteiger partial charge in [-0.1, -0.05) is 0 Å². The fraction of sp³-hybridized carbons (Fsp3) is 0.417. The molecule has 3 heterocycles. The Balaban J connectivity index is 1.80. The van der Waals surface area contributed by atoms with Gasteiger partial charge in [0.1, 0.15) is 11.2 Å². The number of carbonyl (C=O) groups excluding carboxylic acids is 1. The molecule has 1 fully saturated rings. The van der Waals surface area contributed by atoms with E-state index in [1.54, 1.807) is 6.92 Å². The lowest BCUT2D eigenvalue weighted by atomic mass is 9.97. The summed E-state index contributed by atoms with van der Waals surface area (Å²) in [4.78, 5) is 17.4. The van der Waals surface area contributed by atoms with Crippen molar-refractivity contribution in [3.8, 4) is 0 Å². The molecule has 2 aromatic heterocycles. The zero-order chi connectivity index (χ0) is 27.3. The van der Waals surface area contributed by atoms with E-state index in [1.807, 2.05) is 0 Å². The van der Waals surface area contributed by atoms with Crippen LogP contribution in [0.25, 0.3) is 10.9 Å². The van der Waals surface area contributed by atoms with Crippen LogP contribution in [0.15, 0.2) is 35.5 Å². The van der Waals surface area contributed by atoms with Gasteiger partial charge in [-0.05, 0) is 45.2 Å². The van der Waals surface area contributed by atoms with Crippen molar-refractivity contribution in [1.29, 1.82) is 0 Å². The summed E-state index contributed by atoms with van der Waals surface area (Å²) in [5, 5.41) is 22.1. The van der Waals surface area contributed by atoms with Gasteiger partial charge in [-0.25, -0.2) is 21.6 Å². The maximum atomic E-state index is 14.0. The summed E-state index contributed by atoms with van der Waals surface area (Å²) >= 11 is 0. The lowest BCUT2D eigenvalue weighted by Crippen LogP contribution is -2.45. The molecule has 9 nitrogen and oxygen atoms in total. The number of rotatable bonds is 7. The predicted molar refractivity (Wildman–Crippen MR) is 129 cm³/mol. The third-order valence-electron chi connectivity index (χ3n) is 6.61. The van der Waals surface area contributed by atoms with Crippen molar-refractivity contribution >= 4 is 32.5 Å². The van der Waals surface area contributed by atoms with E-state index >= 15 is 0 Å². The van der Waals surface area contributed by atoms with E-state index in [2.05, 4.69) is 10.3 Å². The van der Waals surface area contributed by atoms with Gasteiger partial charge in [-0.2, -0.15) is 4.31 Å². The maximum Gasteiger partial charge on any atom is 0.273 e. The Kier molecular flexibility index (Phi) is 7.10. The summed E-state index contributed by atoms with van der Waals surface area (Å²) in [6.45, 7) is 2.61.